The number of thiophene rings is 1. The number of fused-ring (bicyclic) bond motifs is 1. The quantitative estimate of drug-likeness (QED) is 0.904. The molecule has 1 fully saturated rings. The third-order valence-electron chi connectivity index (χ3n) is 3.89. The van der Waals surface area contributed by atoms with Crippen LogP contribution in [0.3, 0.4) is 0 Å². The molecule has 5 nitrogen and oxygen atoms in total. The Kier molecular flexibility index (Phi) is 3.76. The van der Waals surface area contributed by atoms with Crippen molar-refractivity contribution in [2.45, 2.75) is 38.6 Å². The molecule has 1 saturated carbocycles. The fourth-order valence-electron chi connectivity index (χ4n) is 3.05. The van der Waals surface area contributed by atoms with Crippen molar-refractivity contribution < 1.29 is 5.11 Å². The molecule has 6 heteroatoms. The maximum atomic E-state index is 9.39. The lowest BCUT2D eigenvalue weighted by atomic mass is 10.2. The summed E-state index contributed by atoms with van der Waals surface area (Å²) in [4.78, 5) is 13.2. The lowest BCUT2D eigenvalue weighted by Gasteiger charge is -2.30. The molecule has 0 saturated heterocycles. The third kappa shape index (κ3) is 2.45. The van der Waals surface area contributed by atoms with Crippen molar-refractivity contribution in [2.24, 2.45) is 0 Å². The highest BCUT2D eigenvalue weighted by Crippen LogP contribution is 2.34. The molecule has 3 N–H and O–H groups in total. The molecular formula is C14H20N4OS. The molecule has 1 aliphatic carbocycles. The number of anilines is 2. The van der Waals surface area contributed by atoms with E-state index >= 15 is 0 Å². The number of aryl methyl sites for hydroxylation is 1. The number of rotatable bonds is 4. The van der Waals surface area contributed by atoms with Gasteiger partial charge in [-0.25, -0.2) is 4.98 Å². The lowest BCUT2D eigenvalue weighted by molar-refractivity contribution is 0.297. The topological polar surface area (TPSA) is 75.3 Å². The highest BCUT2D eigenvalue weighted by Gasteiger charge is 2.25. The second kappa shape index (κ2) is 5.54. The first-order valence-electron chi connectivity index (χ1n) is 7.10. The predicted octanol–water partition coefficient (Wildman–Crippen LogP) is 2.32. The number of aromatic nitrogens is 2. The van der Waals surface area contributed by atoms with Crippen molar-refractivity contribution in [3.8, 4) is 0 Å². The average molecular weight is 292 g/mol. The number of nitrogens with two attached hydrogens (primary N) is 1. The van der Waals surface area contributed by atoms with Crippen LogP contribution in [0.4, 0.5) is 11.8 Å². The van der Waals surface area contributed by atoms with Gasteiger partial charge in [-0.15, -0.1) is 11.3 Å². The number of aliphatic hydroxyl groups excluding tert-OH is 1. The summed E-state index contributed by atoms with van der Waals surface area (Å²) >= 11 is 1.64. The monoisotopic (exact) mass is 292 g/mol. The molecule has 108 valence electrons. The van der Waals surface area contributed by atoms with Gasteiger partial charge in [0.2, 0.25) is 5.95 Å². The zero-order valence-electron chi connectivity index (χ0n) is 11.7. The van der Waals surface area contributed by atoms with Crippen LogP contribution in [0, 0.1) is 6.92 Å². The SMILES string of the molecule is Cc1cc2c(N(CCO)C3CCCC3)nc(N)nc2s1. The van der Waals surface area contributed by atoms with Crippen LogP contribution in [0.5, 0.6) is 0 Å². The molecule has 2 aromatic rings. The first-order valence-corrected chi connectivity index (χ1v) is 7.92. The van der Waals surface area contributed by atoms with E-state index in [0.717, 1.165) is 28.9 Å². The lowest BCUT2D eigenvalue weighted by Crippen LogP contribution is -2.36. The second-order valence-corrected chi connectivity index (χ2v) is 6.57. The Morgan fingerprint density at radius 2 is 2.15 bits per heavy atom. The summed E-state index contributed by atoms with van der Waals surface area (Å²) in [6.45, 7) is 2.80. The van der Waals surface area contributed by atoms with Crippen molar-refractivity contribution in [2.75, 3.05) is 23.8 Å². The van der Waals surface area contributed by atoms with E-state index in [2.05, 4.69) is 27.9 Å². The van der Waals surface area contributed by atoms with Gasteiger partial charge in [0.1, 0.15) is 10.6 Å². The van der Waals surface area contributed by atoms with Gasteiger partial charge in [-0.3, -0.25) is 0 Å². The summed E-state index contributed by atoms with van der Waals surface area (Å²) in [6.07, 6.45) is 4.82. The number of hydrogen-bond donors (Lipinski definition) is 2. The van der Waals surface area contributed by atoms with E-state index < -0.39 is 0 Å². The summed E-state index contributed by atoms with van der Waals surface area (Å²) < 4.78 is 0. The van der Waals surface area contributed by atoms with E-state index in [4.69, 9.17) is 5.73 Å². The second-order valence-electron chi connectivity index (χ2n) is 5.34. The van der Waals surface area contributed by atoms with E-state index in [-0.39, 0.29) is 6.61 Å². The molecule has 0 aromatic carbocycles. The maximum absolute atomic E-state index is 9.39. The number of hydrogen-bond acceptors (Lipinski definition) is 6. The summed E-state index contributed by atoms with van der Waals surface area (Å²) in [6, 6.07) is 2.58. The molecule has 0 spiro atoms. The molecule has 0 amide bonds. The Hall–Kier alpha value is -1.40. The Morgan fingerprint density at radius 1 is 1.40 bits per heavy atom. The molecule has 0 atom stereocenters. The zero-order valence-corrected chi connectivity index (χ0v) is 12.5. The zero-order chi connectivity index (χ0) is 14.1. The van der Waals surface area contributed by atoms with Gasteiger partial charge in [0, 0.05) is 17.5 Å². The fraction of sp³-hybridized carbons (Fsp3) is 0.571. The summed E-state index contributed by atoms with van der Waals surface area (Å²) in [5.74, 6) is 1.20. The Bertz CT molecular complexity index is 606. The molecule has 0 unspecified atom stereocenters. The maximum Gasteiger partial charge on any atom is 0.223 e. The molecule has 1 aliphatic rings. The Morgan fingerprint density at radius 3 is 2.85 bits per heavy atom. The van der Waals surface area contributed by atoms with E-state index in [9.17, 15) is 5.11 Å². The van der Waals surface area contributed by atoms with Crippen LogP contribution < -0.4 is 10.6 Å². The van der Waals surface area contributed by atoms with Crippen LogP contribution in [0.2, 0.25) is 0 Å². The minimum absolute atomic E-state index is 0.130. The normalized spacial score (nSPS) is 16.1. The molecule has 0 bridgehead atoms. The standard InChI is InChI=1S/C14H20N4OS/c1-9-8-11-12(16-14(15)17-13(11)20-9)18(6-7-19)10-4-2-3-5-10/h8,10,19H,2-7H2,1H3,(H2,15,16,17). The first kappa shape index (κ1) is 13.6. The largest absolute Gasteiger partial charge is 0.395 e. The van der Waals surface area contributed by atoms with E-state index in [0.29, 0.717) is 18.5 Å². The van der Waals surface area contributed by atoms with Gasteiger partial charge in [-0.1, -0.05) is 12.8 Å². The van der Waals surface area contributed by atoms with Gasteiger partial charge >= 0.3 is 0 Å². The van der Waals surface area contributed by atoms with Crippen molar-refractivity contribution >= 4 is 33.3 Å². The van der Waals surface area contributed by atoms with Gasteiger partial charge in [0.05, 0.1) is 12.0 Å². The van der Waals surface area contributed by atoms with Crippen molar-refractivity contribution in [1.82, 2.24) is 9.97 Å². The predicted molar refractivity (Wildman–Crippen MR) is 83.3 cm³/mol. The number of aliphatic hydroxyl groups is 1. The molecule has 20 heavy (non-hydrogen) atoms. The van der Waals surface area contributed by atoms with Gasteiger partial charge in [0.25, 0.3) is 0 Å². The van der Waals surface area contributed by atoms with E-state index in [1.165, 1.54) is 17.7 Å². The van der Waals surface area contributed by atoms with Crippen LogP contribution in [0.25, 0.3) is 10.2 Å². The summed E-state index contributed by atoms with van der Waals surface area (Å²) in [5, 5.41) is 10.4. The highest BCUT2D eigenvalue weighted by molar-refractivity contribution is 7.18. The third-order valence-corrected chi connectivity index (χ3v) is 4.84. The smallest absolute Gasteiger partial charge is 0.223 e. The highest BCUT2D eigenvalue weighted by atomic mass is 32.1. The van der Waals surface area contributed by atoms with E-state index in [1.807, 2.05) is 0 Å². The van der Waals surface area contributed by atoms with Gasteiger partial charge in [-0.2, -0.15) is 4.98 Å². The van der Waals surface area contributed by atoms with Crippen LogP contribution >= 0.6 is 11.3 Å². The van der Waals surface area contributed by atoms with Crippen molar-refractivity contribution in [1.29, 1.82) is 0 Å². The van der Waals surface area contributed by atoms with Crippen molar-refractivity contribution in [3.05, 3.63) is 10.9 Å². The summed E-state index contributed by atoms with van der Waals surface area (Å²) in [5.41, 5.74) is 5.86. The van der Waals surface area contributed by atoms with Crippen molar-refractivity contribution in [3.63, 3.8) is 0 Å². The van der Waals surface area contributed by atoms with Crippen LogP contribution in [0.15, 0.2) is 6.07 Å². The van der Waals surface area contributed by atoms with Gasteiger partial charge in [-0.05, 0) is 25.8 Å². The summed E-state index contributed by atoms with van der Waals surface area (Å²) in [7, 11) is 0. The molecule has 2 heterocycles. The van der Waals surface area contributed by atoms with Crippen LogP contribution in [-0.4, -0.2) is 34.3 Å². The number of nitrogens with zero attached hydrogens (tertiary/aromatic N) is 3. The number of nitrogen functional groups attached to an aromatic ring is 1. The molecular weight excluding hydrogens is 272 g/mol. The van der Waals surface area contributed by atoms with E-state index in [1.54, 1.807) is 11.3 Å². The Balaban J connectivity index is 2.08. The molecule has 0 radical (unpaired) electrons. The molecule has 2 aromatic heterocycles. The van der Waals surface area contributed by atoms with Gasteiger partial charge in [0.15, 0.2) is 0 Å². The minimum atomic E-state index is 0.130. The average Bonchev–Trinajstić information content (AvgIpc) is 3.03. The van der Waals surface area contributed by atoms with Gasteiger partial charge < -0.3 is 15.7 Å². The fourth-order valence-corrected chi connectivity index (χ4v) is 3.93. The first-order chi connectivity index (χ1) is 9.69. The molecule has 3 rings (SSSR count). The Labute approximate surface area is 122 Å². The minimum Gasteiger partial charge on any atom is -0.395 e. The molecule has 0 aliphatic heterocycles. The van der Waals surface area contributed by atoms with Crippen LogP contribution in [0.1, 0.15) is 30.6 Å². The van der Waals surface area contributed by atoms with Crippen LogP contribution in [-0.2, 0) is 0 Å².